The molecule has 0 fully saturated rings. The van der Waals surface area contributed by atoms with Crippen molar-refractivity contribution in [3.05, 3.63) is 69.4 Å². The highest BCUT2D eigenvalue weighted by atomic mass is 35.5. The van der Waals surface area contributed by atoms with Crippen molar-refractivity contribution in [1.82, 2.24) is 9.80 Å². The van der Waals surface area contributed by atoms with Crippen LogP contribution in [0.15, 0.2) is 56.5 Å². The Morgan fingerprint density at radius 1 is 1.08 bits per heavy atom. The largest absolute Gasteiger partial charge is 0.468 e. The van der Waals surface area contributed by atoms with Gasteiger partial charge in [0.15, 0.2) is 5.43 Å². The smallest absolute Gasteiger partial charge is 0.197 e. The first-order valence-corrected chi connectivity index (χ1v) is 9.00. The monoisotopic (exact) mass is 374 g/mol. The van der Waals surface area contributed by atoms with Crippen LogP contribution >= 0.6 is 11.6 Å². The molecular weight excluding hydrogens is 352 g/mol. The molecule has 0 saturated carbocycles. The SMILES string of the molecule is CN(C)CCCN(Cc1ccco1)Cc1coc2ccc(Cl)cc2c1=O. The molecule has 0 aliphatic rings. The molecule has 2 aromatic heterocycles. The quantitative estimate of drug-likeness (QED) is 0.596. The Bertz CT molecular complexity index is 903. The summed E-state index contributed by atoms with van der Waals surface area (Å²) in [5, 5.41) is 1.04. The summed E-state index contributed by atoms with van der Waals surface area (Å²) in [6, 6.07) is 8.92. The van der Waals surface area contributed by atoms with Gasteiger partial charge in [-0.15, -0.1) is 0 Å². The van der Waals surface area contributed by atoms with Gasteiger partial charge in [0.2, 0.25) is 0 Å². The Morgan fingerprint density at radius 2 is 1.92 bits per heavy atom. The van der Waals surface area contributed by atoms with Crippen molar-refractivity contribution < 1.29 is 8.83 Å². The van der Waals surface area contributed by atoms with E-state index in [9.17, 15) is 4.79 Å². The van der Waals surface area contributed by atoms with Crippen molar-refractivity contribution in [2.75, 3.05) is 27.2 Å². The van der Waals surface area contributed by atoms with Gasteiger partial charge in [-0.2, -0.15) is 0 Å². The highest BCUT2D eigenvalue weighted by Gasteiger charge is 2.14. The minimum absolute atomic E-state index is 0.0363. The molecule has 0 aliphatic heterocycles. The Hall–Kier alpha value is -2.08. The number of hydrogen-bond acceptors (Lipinski definition) is 5. The lowest BCUT2D eigenvalue weighted by Crippen LogP contribution is -2.28. The van der Waals surface area contributed by atoms with Crippen LogP contribution in [0.2, 0.25) is 5.02 Å². The molecule has 0 saturated heterocycles. The molecule has 0 amide bonds. The molecule has 0 N–H and O–H groups in total. The Balaban J connectivity index is 1.81. The maximum Gasteiger partial charge on any atom is 0.197 e. The summed E-state index contributed by atoms with van der Waals surface area (Å²) in [5.41, 5.74) is 1.13. The minimum Gasteiger partial charge on any atom is -0.468 e. The van der Waals surface area contributed by atoms with Crippen molar-refractivity contribution in [3.8, 4) is 0 Å². The van der Waals surface area contributed by atoms with Crippen molar-refractivity contribution in [2.24, 2.45) is 0 Å². The van der Waals surface area contributed by atoms with E-state index in [1.807, 2.05) is 12.1 Å². The van der Waals surface area contributed by atoms with Gasteiger partial charge in [0.1, 0.15) is 11.3 Å². The molecule has 0 bridgehead atoms. The molecule has 0 aliphatic carbocycles. The number of rotatable bonds is 8. The lowest BCUT2D eigenvalue weighted by Gasteiger charge is -2.22. The molecule has 138 valence electrons. The third-order valence-corrected chi connectivity index (χ3v) is 4.47. The summed E-state index contributed by atoms with van der Waals surface area (Å²) < 4.78 is 11.1. The number of furan rings is 1. The zero-order valence-corrected chi connectivity index (χ0v) is 15.8. The maximum absolute atomic E-state index is 12.8. The van der Waals surface area contributed by atoms with Crippen LogP contribution in [-0.2, 0) is 13.1 Å². The molecule has 3 aromatic rings. The van der Waals surface area contributed by atoms with Gasteiger partial charge in [-0.1, -0.05) is 11.6 Å². The fourth-order valence-electron chi connectivity index (χ4n) is 2.94. The third-order valence-electron chi connectivity index (χ3n) is 4.24. The molecule has 0 unspecified atom stereocenters. The average molecular weight is 375 g/mol. The predicted molar refractivity (Wildman–Crippen MR) is 103 cm³/mol. The van der Waals surface area contributed by atoms with E-state index in [-0.39, 0.29) is 5.43 Å². The van der Waals surface area contributed by atoms with Crippen LogP contribution in [0.25, 0.3) is 11.0 Å². The van der Waals surface area contributed by atoms with Gasteiger partial charge < -0.3 is 13.7 Å². The number of hydrogen-bond donors (Lipinski definition) is 0. The summed E-state index contributed by atoms with van der Waals surface area (Å²) in [7, 11) is 4.11. The predicted octanol–water partition coefficient (Wildman–Crippen LogP) is 3.99. The Labute approximate surface area is 157 Å². The molecule has 2 heterocycles. The third kappa shape index (κ3) is 4.75. The summed E-state index contributed by atoms with van der Waals surface area (Å²) in [4.78, 5) is 17.2. The molecule has 3 rings (SSSR count). The van der Waals surface area contributed by atoms with E-state index in [0.717, 1.165) is 25.3 Å². The molecule has 0 spiro atoms. The van der Waals surface area contributed by atoms with Crippen molar-refractivity contribution in [2.45, 2.75) is 19.5 Å². The summed E-state index contributed by atoms with van der Waals surface area (Å²) in [6.45, 7) is 2.98. The number of nitrogens with zero attached hydrogens (tertiary/aromatic N) is 2. The molecule has 0 radical (unpaired) electrons. The number of fused-ring (bicyclic) bond motifs is 1. The van der Waals surface area contributed by atoms with Crippen LogP contribution in [0.3, 0.4) is 0 Å². The molecule has 1 aromatic carbocycles. The summed E-state index contributed by atoms with van der Waals surface area (Å²) in [5.74, 6) is 0.878. The van der Waals surface area contributed by atoms with E-state index in [2.05, 4.69) is 23.9 Å². The first kappa shape index (κ1) is 18.7. The zero-order chi connectivity index (χ0) is 18.5. The normalized spacial score (nSPS) is 11.7. The average Bonchev–Trinajstić information content (AvgIpc) is 3.10. The number of halogens is 1. The summed E-state index contributed by atoms with van der Waals surface area (Å²) in [6.07, 6.45) is 4.22. The van der Waals surface area contributed by atoms with E-state index in [1.165, 1.54) is 0 Å². The maximum atomic E-state index is 12.8. The summed E-state index contributed by atoms with van der Waals surface area (Å²) >= 11 is 6.03. The van der Waals surface area contributed by atoms with Crippen LogP contribution in [0.5, 0.6) is 0 Å². The molecule has 6 heteroatoms. The molecule has 0 atom stereocenters. The van der Waals surface area contributed by atoms with Gasteiger partial charge in [-0.3, -0.25) is 9.69 Å². The first-order chi connectivity index (χ1) is 12.5. The van der Waals surface area contributed by atoms with Crippen LogP contribution in [0.1, 0.15) is 17.7 Å². The highest BCUT2D eigenvalue weighted by Crippen LogP contribution is 2.18. The van der Waals surface area contributed by atoms with Crippen molar-refractivity contribution in [3.63, 3.8) is 0 Å². The molecular formula is C20H23ClN2O3. The topological polar surface area (TPSA) is 49.8 Å². The molecule has 26 heavy (non-hydrogen) atoms. The fraction of sp³-hybridized carbons (Fsp3) is 0.350. The van der Waals surface area contributed by atoms with Crippen molar-refractivity contribution >= 4 is 22.6 Å². The van der Waals surface area contributed by atoms with Crippen LogP contribution < -0.4 is 5.43 Å². The van der Waals surface area contributed by atoms with Gasteiger partial charge in [0.05, 0.1) is 24.5 Å². The second-order valence-electron chi connectivity index (χ2n) is 6.68. The lowest BCUT2D eigenvalue weighted by atomic mass is 10.1. The lowest BCUT2D eigenvalue weighted by molar-refractivity contribution is 0.220. The minimum atomic E-state index is -0.0363. The Kier molecular flexibility index (Phi) is 6.14. The molecule has 5 nitrogen and oxygen atoms in total. The fourth-order valence-corrected chi connectivity index (χ4v) is 3.11. The van der Waals surface area contributed by atoms with Crippen LogP contribution in [0, 0.1) is 0 Å². The van der Waals surface area contributed by atoms with Crippen LogP contribution in [-0.4, -0.2) is 37.0 Å². The van der Waals surface area contributed by atoms with Gasteiger partial charge in [-0.25, -0.2) is 0 Å². The van der Waals surface area contributed by atoms with Gasteiger partial charge >= 0.3 is 0 Å². The second kappa shape index (κ2) is 8.54. The van der Waals surface area contributed by atoms with E-state index < -0.39 is 0 Å². The van der Waals surface area contributed by atoms with Gasteiger partial charge in [0.25, 0.3) is 0 Å². The van der Waals surface area contributed by atoms with Crippen LogP contribution in [0.4, 0.5) is 0 Å². The van der Waals surface area contributed by atoms with E-state index in [0.29, 0.717) is 34.6 Å². The van der Waals surface area contributed by atoms with Crippen molar-refractivity contribution in [1.29, 1.82) is 0 Å². The zero-order valence-electron chi connectivity index (χ0n) is 15.1. The first-order valence-electron chi connectivity index (χ1n) is 8.62. The second-order valence-corrected chi connectivity index (χ2v) is 7.11. The van der Waals surface area contributed by atoms with E-state index >= 15 is 0 Å². The Morgan fingerprint density at radius 3 is 2.65 bits per heavy atom. The van der Waals surface area contributed by atoms with E-state index in [1.54, 1.807) is 30.7 Å². The van der Waals surface area contributed by atoms with Gasteiger partial charge in [0, 0.05) is 23.7 Å². The van der Waals surface area contributed by atoms with E-state index in [4.69, 9.17) is 20.4 Å². The highest BCUT2D eigenvalue weighted by molar-refractivity contribution is 6.31. The number of benzene rings is 1. The van der Waals surface area contributed by atoms with Gasteiger partial charge in [-0.05, 0) is 57.4 Å². The standard InChI is InChI=1S/C20H23ClN2O3/c1-22(2)8-4-9-23(13-17-5-3-10-25-17)12-15-14-26-19-7-6-16(21)11-18(19)20(15)24/h3,5-7,10-11,14H,4,8-9,12-13H2,1-2H3.